The number of halogens is 2. The van der Waals surface area contributed by atoms with Crippen LogP contribution in [0.2, 0.25) is 0 Å². The van der Waals surface area contributed by atoms with Gasteiger partial charge in [-0.05, 0) is 37.7 Å². The van der Waals surface area contributed by atoms with E-state index in [1.807, 2.05) is 4.68 Å². The highest BCUT2D eigenvalue weighted by atomic mass is 35.5. The Bertz CT molecular complexity index is 540. The first-order valence-electron chi connectivity index (χ1n) is 6.17. The normalized spacial score (nSPS) is 21.5. The largest absolute Gasteiger partial charge is 0.268 e. The summed E-state index contributed by atoms with van der Waals surface area (Å²) in [5, 5.41) is 4.35. The molecule has 18 heavy (non-hydrogen) atoms. The number of hydrogen-bond acceptors (Lipinski definition) is 2. The molecule has 0 atom stereocenters. The molecule has 2 aliphatic rings. The Labute approximate surface area is 110 Å². The highest BCUT2D eigenvalue weighted by Gasteiger charge is 2.49. The van der Waals surface area contributed by atoms with Crippen molar-refractivity contribution in [3.05, 3.63) is 29.4 Å². The summed E-state index contributed by atoms with van der Waals surface area (Å²) in [7, 11) is 0. The van der Waals surface area contributed by atoms with Gasteiger partial charge in [0.25, 0.3) is 0 Å². The van der Waals surface area contributed by atoms with Gasteiger partial charge >= 0.3 is 0 Å². The van der Waals surface area contributed by atoms with Gasteiger partial charge in [-0.2, -0.15) is 5.10 Å². The molecule has 3 nitrogen and oxygen atoms in total. The van der Waals surface area contributed by atoms with Crippen LogP contribution in [0.25, 0.3) is 0 Å². The molecule has 1 aliphatic carbocycles. The van der Waals surface area contributed by atoms with E-state index in [1.54, 1.807) is 13.1 Å². The van der Waals surface area contributed by atoms with Crippen LogP contribution in [-0.2, 0) is 13.0 Å². The predicted octanol–water partition coefficient (Wildman–Crippen LogP) is 3.08. The van der Waals surface area contributed by atoms with Crippen LogP contribution in [-0.4, -0.2) is 21.5 Å². The molecule has 5 heteroatoms. The summed E-state index contributed by atoms with van der Waals surface area (Å²) in [5.41, 5.74) is 2.66. The average molecular weight is 268 g/mol. The van der Waals surface area contributed by atoms with Crippen molar-refractivity contribution >= 4 is 17.3 Å². The van der Waals surface area contributed by atoms with Crippen LogP contribution in [0.4, 0.5) is 4.39 Å². The van der Waals surface area contributed by atoms with Crippen molar-refractivity contribution in [3.63, 3.8) is 0 Å². The summed E-state index contributed by atoms with van der Waals surface area (Å²) >= 11 is 5.62. The third-order valence-corrected chi connectivity index (χ3v) is 4.01. The van der Waals surface area contributed by atoms with Crippen LogP contribution in [0.5, 0.6) is 0 Å². The first-order valence-corrected chi connectivity index (χ1v) is 6.70. The van der Waals surface area contributed by atoms with Crippen LogP contribution in [0, 0.1) is 5.41 Å². The molecule has 1 fully saturated rings. The van der Waals surface area contributed by atoms with E-state index in [2.05, 4.69) is 10.1 Å². The average Bonchev–Trinajstić information content (AvgIpc) is 2.86. The lowest BCUT2D eigenvalue weighted by Crippen LogP contribution is -2.06. The Morgan fingerprint density at radius 1 is 1.67 bits per heavy atom. The molecule has 1 saturated carbocycles. The molecular formula is C13H15ClFN3. The first-order chi connectivity index (χ1) is 8.69. The maximum absolute atomic E-state index is 13.9. The Morgan fingerprint density at radius 3 is 3.06 bits per heavy atom. The van der Waals surface area contributed by atoms with Gasteiger partial charge in [0.1, 0.15) is 17.5 Å². The number of rotatable bonds is 3. The summed E-state index contributed by atoms with van der Waals surface area (Å²) in [6.07, 6.45) is 6.62. The van der Waals surface area contributed by atoms with Gasteiger partial charge in [-0.25, -0.2) is 4.39 Å². The molecule has 0 aromatic carbocycles. The number of aliphatic imine (C=N–C) groups is 1. The first kappa shape index (κ1) is 11.9. The van der Waals surface area contributed by atoms with Crippen LogP contribution in [0.3, 0.4) is 0 Å². The third-order valence-electron chi connectivity index (χ3n) is 3.89. The van der Waals surface area contributed by atoms with E-state index < -0.39 is 0 Å². The third kappa shape index (κ3) is 1.79. The molecule has 0 radical (unpaired) electrons. The number of aromatic nitrogens is 2. The van der Waals surface area contributed by atoms with Crippen LogP contribution in [0.1, 0.15) is 31.0 Å². The number of hydrogen-bond donors (Lipinski definition) is 0. The van der Waals surface area contributed by atoms with Crippen molar-refractivity contribution < 1.29 is 4.39 Å². The minimum Gasteiger partial charge on any atom is -0.268 e. The standard InChI is InChI=1S/C13H15ClFN3/c1-2-10(15)12(16-8-14)9-6-17-18-7-13(3-4-13)5-11(9)18/h2,6H,3-5,7-8H2,1H3/b10-2+,16-12-. The quantitative estimate of drug-likeness (QED) is 0.470. The molecule has 1 aliphatic heterocycles. The molecule has 3 rings (SSSR count). The number of nitrogens with zero attached hydrogens (tertiary/aromatic N) is 3. The SMILES string of the molecule is C/C=C(F)\C(=N/CCl)c1cnn2c1CC1(CC1)C2. The highest BCUT2D eigenvalue weighted by molar-refractivity contribution is 6.20. The fraction of sp³-hybridized carbons (Fsp3) is 0.538. The van der Waals surface area contributed by atoms with Gasteiger partial charge in [-0.3, -0.25) is 9.67 Å². The smallest absolute Gasteiger partial charge is 0.144 e. The van der Waals surface area contributed by atoms with Gasteiger partial charge in [0.2, 0.25) is 0 Å². The van der Waals surface area contributed by atoms with Crippen molar-refractivity contribution in [3.8, 4) is 0 Å². The van der Waals surface area contributed by atoms with Gasteiger partial charge < -0.3 is 0 Å². The van der Waals surface area contributed by atoms with Crippen molar-refractivity contribution in [2.45, 2.75) is 32.7 Å². The molecule has 1 aromatic heterocycles. The van der Waals surface area contributed by atoms with E-state index in [0.717, 1.165) is 24.2 Å². The maximum atomic E-state index is 13.9. The van der Waals surface area contributed by atoms with Gasteiger partial charge in [0.05, 0.1) is 6.20 Å². The predicted molar refractivity (Wildman–Crippen MR) is 69.7 cm³/mol. The van der Waals surface area contributed by atoms with Crippen molar-refractivity contribution in [1.29, 1.82) is 0 Å². The molecule has 0 amide bonds. The summed E-state index contributed by atoms with van der Waals surface area (Å²) in [5.74, 6) is -0.330. The second-order valence-corrected chi connectivity index (χ2v) is 5.34. The topological polar surface area (TPSA) is 30.2 Å². The number of allylic oxidation sites excluding steroid dienone is 2. The van der Waals surface area contributed by atoms with Gasteiger partial charge in [-0.15, -0.1) is 11.6 Å². The van der Waals surface area contributed by atoms with E-state index in [4.69, 9.17) is 11.6 Å². The van der Waals surface area contributed by atoms with E-state index in [0.29, 0.717) is 11.1 Å². The van der Waals surface area contributed by atoms with E-state index in [-0.39, 0.29) is 11.8 Å². The summed E-state index contributed by atoms with van der Waals surface area (Å²) in [6.45, 7) is 2.62. The summed E-state index contributed by atoms with van der Waals surface area (Å²) in [6, 6.07) is 0.0619. The van der Waals surface area contributed by atoms with Gasteiger partial charge in [0, 0.05) is 17.8 Å². The molecule has 1 aromatic rings. The zero-order valence-corrected chi connectivity index (χ0v) is 11.0. The minimum absolute atomic E-state index is 0.0619. The summed E-state index contributed by atoms with van der Waals surface area (Å²) in [4.78, 5) is 4.07. The lowest BCUT2D eigenvalue weighted by atomic mass is 10.0. The second-order valence-electron chi connectivity index (χ2n) is 5.10. The molecule has 0 saturated heterocycles. The highest BCUT2D eigenvalue weighted by Crippen LogP contribution is 2.53. The lowest BCUT2D eigenvalue weighted by molar-refractivity contribution is 0.471. The van der Waals surface area contributed by atoms with Crippen molar-refractivity contribution in [2.75, 3.05) is 6.00 Å². The fourth-order valence-electron chi connectivity index (χ4n) is 2.66. The Kier molecular flexibility index (Phi) is 2.77. The van der Waals surface area contributed by atoms with E-state index in [9.17, 15) is 4.39 Å². The summed E-state index contributed by atoms with van der Waals surface area (Å²) < 4.78 is 15.9. The Hall–Kier alpha value is -1.16. The molecule has 0 N–H and O–H groups in total. The molecule has 2 heterocycles. The Morgan fingerprint density at radius 2 is 2.44 bits per heavy atom. The van der Waals surface area contributed by atoms with Crippen LogP contribution in [0.15, 0.2) is 23.1 Å². The second kappa shape index (κ2) is 4.19. The molecular weight excluding hydrogens is 253 g/mol. The van der Waals surface area contributed by atoms with Crippen LogP contribution >= 0.6 is 11.6 Å². The molecule has 1 spiro atoms. The number of fused-ring (bicyclic) bond motifs is 1. The van der Waals surface area contributed by atoms with Crippen molar-refractivity contribution in [1.82, 2.24) is 9.78 Å². The van der Waals surface area contributed by atoms with Crippen molar-refractivity contribution in [2.24, 2.45) is 10.4 Å². The van der Waals surface area contributed by atoms with E-state index >= 15 is 0 Å². The molecule has 0 unspecified atom stereocenters. The zero-order chi connectivity index (χ0) is 12.8. The number of alkyl halides is 1. The lowest BCUT2D eigenvalue weighted by Gasteiger charge is -2.04. The zero-order valence-electron chi connectivity index (χ0n) is 10.3. The van der Waals surface area contributed by atoms with E-state index in [1.165, 1.54) is 18.9 Å². The Balaban J connectivity index is 2.00. The van der Waals surface area contributed by atoms with Crippen LogP contribution < -0.4 is 0 Å². The monoisotopic (exact) mass is 267 g/mol. The minimum atomic E-state index is -0.330. The van der Waals surface area contributed by atoms with Gasteiger partial charge in [-0.1, -0.05) is 0 Å². The maximum Gasteiger partial charge on any atom is 0.144 e. The fourth-order valence-corrected chi connectivity index (χ4v) is 2.78. The molecule has 96 valence electrons. The molecule has 0 bridgehead atoms. The van der Waals surface area contributed by atoms with Gasteiger partial charge in [0.15, 0.2) is 0 Å².